The highest BCUT2D eigenvalue weighted by Crippen LogP contribution is 2.28. The van der Waals surface area contributed by atoms with Crippen molar-refractivity contribution < 1.29 is 14.4 Å². The van der Waals surface area contributed by atoms with Gasteiger partial charge in [-0.2, -0.15) is 5.10 Å². The Balaban J connectivity index is 1.31. The number of benzene rings is 3. The van der Waals surface area contributed by atoms with Crippen molar-refractivity contribution in [1.82, 2.24) is 5.01 Å². The molecule has 0 aromatic heterocycles. The molecule has 6 heteroatoms. The second-order valence-corrected chi connectivity index (χ2v) is 8.37. The lowest BCUT2D eigenvalue weighted by Gasteiger charge is -2.30. The molecule has 0 unspecified atom stereocenters. The van der Waals surface area contributed by atoms with Gasteiger partial charge < -0.3 is 14.4 Å². The van der Waals surface area contributed by atoms with Crippen molar-refractivity contribution in [3.8, 4) is 11.5 Å². The van der Waals surface area contributed by atoms with Gasteiger partial charge in [0.1, 0.15) is 13.2 Å². The van der Waals surface area contributed by atoms with Gasteiger partial charge in [-0.3, -0.25) is 5.01 Å². The SMILES string of the molecule is COc1ccc(/C=N\N2CC[NH+](Cc3ccc(Cl)cc3)CC2)cc1OCc1ccccc1. The number of hydrogen-bond donors (Lipinski definition) is 1. The molecule has 0 aliphatic carbocycles. The Morgan fingerprint density at radius 1 is 0.938 bits per heavy atom. The Morgan fingerprint density at radius 3 is 2.41 bits per heavy atom. The number of halogens is 1. The molecule has 1 heterocycles. The minimum absolute atomic E-state index is 0.496. The van der Waals surface area contributed by atoms with Gasteiger partial charge >= 0.3 is 0 Å². The van der Waals surface area contributed by atoms with Crippen LogP contribution in [-0.4, -0.2) is 44.5 Å². The van der Waals surface area contributed by atoms with Gasteiger partial charge in [-0.15, -0.1) is 0 Å². The summed E-state index contributed by atoms with van der Waals surface area (Å²) in [5, 5.41) is 7.63. The molecule has 1 fully saturated rings. The smallest absolute Gasteiger partial charge is 0.162 e. The van der Waals surface area contributed by atoms with E-state index in [2.05, 4.69) is 17.1 Å². The van der Waals surface area contributed by atoms with Gasteiger partial charge in [0, 0.05) is 10.6 Å². The van der Waals surface area contributed by atoms with E-state index < -0.39 is 0 Å². The van der Waals surface area contributed by atoms with Gasteiger partial charge in [-0.1, -0.05) is 54.1 Å². The summed E-state index contributed by atoms with van der Waals surface area (Å²) >= 11 is 5.99. The fraction of sp³-hybridized carbons (Fsp3) is 0.269. The summed E-state index contributed by atoms with van der Waals surface area (Å²) in [5.74, 6) is 1.44. The van der Waals surface area contributed by atoms with Crippen LogP contribution in [0.5, 0.6) is 11.5 Å². The number of hydrazone groups is 1. The average Bonchev–Trinajstić information content (AvgIpc) is 2.84. The highest BCUT2D eigenvalue weighted by molar-refractivity contribution is 6.30. The van der Waals surface area contributed by atoms with Crippen LogP contribution in [0.1, 0.15) is 16.7 Å². The second-order valence-electron chi connectivity index (χ2n) is 7.94. The topological polar surface area (TPSA) is 38.5 Å². The predicted octanol–water partition coefficient (Wildman–Crippen LogP) is 3.66. The molecule has 1 aliphatic heterocycles. The zero-order chi connectivity index (χ0) is 22.2. The first-order chi connectivity index (χ1) is 15.7. The summed E-state index contributed by atoms with van der Waals surface area (Å²) in [6, 6.07) is 24.2. The van der Waals surface area contributed by atoms with Gasteiger partial charge in [0.2, 0.25) is 0 Å². The van der Waals surface area contributed by atoms with Crippen LogP contribution in [0.15, 0.2) is 77.9 Å². The summed E-state index contributed by atoms with van der Waals surface area (Å²) in [6.45, 7) is 5.52. The van der Waals surface area contributed by atoms with E-state index in [0.29, 0.717) is 6.61 Å². The van der Waals surface area contributed by atoms with Crippen LogP contribution in [0.4, 0.5) is 0 Å². The van der Waals surface area contributed by atoms with E-state index in [4.69, 9.17) is 26.2 Å². The molecule has 0 bridgehead atoms. The van der Waals surface area contributed by atoms with E-state index in [0.717, 1.165) is 60.4 Å². The van der Waals surface area contributed by atoms with Crippen LogP contribution < -0.4 is 14.4 Å². The summed E-state index contributed by atoms with van der Waals surface area (Å²) in [6.07, 6.45) is 1.90. The average molecular weight is 451 g/mol. The maximum absolute atomic E-state index is 6.01. The molecule has 0 spiro atoms. The van der Waals surface area contributed by atoms with E-state index in [1.54, 1.807) is 12.0 Å². The zero-order valence-corrected chi connectivity index (χ0v) is 19.1. The Morgan fingerprint density at radius 2 is 1.69 bits per heavy atom. The number of piperazine rings is 1. The summed E-state index contributed by atoms with van der Waals surface area (Å²) < 4.78 is 11.5. The molecule has 0 radical (unpaired) electrons. The lowest BCUT2D eigenvalue weighted by Crippen LogP contribution is -3.13. The van der Waals surface area contributed by atoms with Crippen LogP contribution in [0.3, 0.4) is 0 Å². The molecule has 166 valence electrons. The zero-order valence-electron chi connectivity index (χ0n) is 18.3. The number of ether oxygens (including phenoxy) is 2. The molecule has 3 aromatic rings. The maximum Gasteiger partial charge on any atom is 0.162 e. The third-order valence-corrected chi connectivity index (χ3v) is 5.86. The van der Waals surface area contributed by atoms with Crippen LogP contribution in [0, 0.1) is 0 Å². The van der Waals surface area contributed by atoms with E-state index in [9.17, 15) is 0 Å². The molecule has 3 aromatic carbocycles. The Labute approximate surface area is 194 Å². The van der Waals surface area contributed by atoms with Crippen LogP contribution >= 0.6 is 11.6 Å². The van der Waals surface area contributed by atoms with Crippen LogP contribution in [-0.2, 0) is 13.2 Å². The summed E-state index contributed by atoms with van der Waals surface area (Å²) in [7, 11) is 1.66. The number of hydrogen-bond acceptors (Lipinski definition) is 4. The van der Waals surface area contributed by atoms with Crippen LogP contribution in [0.2, 0.25) is 5.02 Å². The monoisotopic (exact) mass is 450 g/mol. The second kappa shape index (κ2) is 11.0. The first kappa shape index (κ1) is 22.2. The minimum atomic E-state index is 0.496. The lowest BCUT2D eigenvalue weighted by molar-refractivity contribution is -0.918. The third-order valence-electron chi connectivity index (χ3n) is 5.61. The quantitative estimate of drug-likeness (QED) is 0.532. The Hall–Kier alpha value is -3.02. The molecule has 32 heavy (non-hydrogen) atoms. The van der Waals surface area contributed by atoms with Crippen molar-refractivity contribution in [1.29, 1.82) is 0 Å². The molecule has 4 rings (SSSR count). The van der Waals surface area contributed by atoms with Crippen molar-refractivity contribution in [2.24, 2.45) is 5.10 Å². The number of rotatable bonds is 8. The molecule has 1 aliphatic rings. The number of methoxy groups -OCH3 is 1. The van der Waals surface area contributed by atoms with Crippen molar-refractivity contribution in [3.63, 3.8) is 0 Å². The molecular weight excluding hydrogens is 422 g/mol. The van der Waals surface area contributed by atoms with E-state index >= 15 is 0 Å². The predicted molar refractivity (Wildman–Crippen MR) is 129 cm³/mol. The molecular formula is C26H29ClN3O2+. The molecule has 5 nitrogen and oxygen atoms in total. The van der Waals surface area contributed by atoms with Crippen molar-refractivity contribution in [2.75, 3.05) is 33.3 Å². The fourth-order valence-corrected chi connectivity index (χ4v) is 3.89. The highest BCUT2D eigenvalue weighted by atomic mass is 35.5. The first-order valence-electron chi connectivity index (χ1n) is 10.9. The lowest BCUT2D eigenvalue weighted by atomic mass is 10.2. The largest absolute Gasteiger partial charge is 0.493 e. The van der Waals surface area contributed by atoms with Gasteiger partial charge in [0.15, 0.2) is 11.5 Å². The van der Waals surface area contributed by atoms with E-state index in [-0.39, 0.29) is 0 Å². The molecule has 0 atom stereocenters. The number of nitrogens with one attached hydrogen (secondary N) is 1. The summed E-state index contributed by atoms with van der Waals surface area (Å²) in [4.78, 5) is 1.57. The number of quaternary nitrogens is 1. The summed E-state index contributed by atoms with van der Waals surface area (Å²) in [5.41, 5.74) is 3.43. The Kier molecular flexibility index (Phi) is 7.64. The van der Waals surface area contributed by atoms with Gasteiger partial charge in [0.05, 0.1) is 39.5 Å². The van der Waals surface area contributed by atoms with Gasteiger partial charge in [-0.05, 0) is 41.5 Å². The standard InChI is InChI=1S/C26H28ClN3O2/c1-31-25-12-9-23(17-26(25)32-20-22-5-3-2-4-6-22)18-28-30-15-13-29(14-16-30)19-21-7-10-24(27)11-8-21/h2-12,17-18H,13-16,19-20H2,1H3/p+1/b28-18-. The van der Waals surface area contributed by atoms with E-state index in [1.165, 1.54) is 5.56 Å². The highest BCUT2D eigenvalue weighted by Gasteiger charge is 2.18. The minimum Gasteiger partial charge on any atom is -0.493 e. The van der Waals surface area contributed by atoms with Crippen molar-refractivity contribution in [3.05, 3.63) is 94.5 Å². The van der Waals surface area contributed by atoms with Gasteiger partial charge in [-0.25, -0.2) is 0 Å². The Bertz CT molecular complexity index is 1020. The molecule has 0 amide bonds. The van der Waals surface area contributed by atoms with Crippen LogP contribution in [0.25, 0.3) is 0 Å². The molecule has 1 N–H and O–H groups in total. The fourth-order valence-electron chi connectivity index (χ4n) is 3.76. The maximum atomic E-state index is 6.01. The molecule has 0 saturated carbocycles. The van der Waals surface area contributed by atoms with Gasteiger partial charge in [0.25, 0.3) is 0 Å². The van der Waals surface area contributed by atoms with Crippen molar-refractivity contribution in [2.45, 2.75) is 13.2 Å². The number of nitrogens with zero attached hydrogens (tertiary/aromatic N) is 2. The third kappa shape index (κ3) is 6.25. The van der Waals surface area contributed by atoms with Crippen molar-refractivity contribution >= 4 is 17.8 Å². The first-order valence-corrected chi connectivity index (χ1v) is 11.3. The van der Waals surface area contributed by atoms with E-state index in [1.807, 2.05) is 66.9 Å². The normalized spacial score (nSPS) is 14.6. The molecule has 1 saturated heterocycles.